The first-order valence-electron chi connectivity index (χ1n) is 5.82. The smallest absolute Gasteiger partial charge is 0.335 e. The predicted octanol–water partition coefficient (Wildman–Crippen LogP) is 3.82. The van der Waals surface area contributed by atoms with Crippen molar-refractivity contribution < 1.29 is 19.1 Å². The molecule has 2 amide bonds. The number of nitrogens with one attached hydrogen (secondary N) is 2. The summed E-state index contributed by atoms with van der Waals surface area (Å²) in [4.78, 5) is 22.4. The predicted molar refractivity (Wildman–Crippen MR) is 77.5 cm³/mol. The molecule has 0 aromatic heterocycles. The van der Waals surface area contributed by atoms with E-state index in [0.29, 0.717) is 5.69 Å². The maximum atomic E-state index is 13.5. The van der Waals surface area contributed by atoms with E-state index in [9.17, 15) is 14.0 Å². The van der Waals surface area contributed by atoms with Crippen LogP contribution < -0.4 is 10.6 Å². The molecule has 0 aliphatic rings. The minimum absolute atomic E-state index is 0.0148. The highest BCUT2D eigenvalue weighted by atomic mass is 35.5. The van der Waals surface area contributed by atoms with Gasteiger partial charge >= 0.3 is 12.0 Å². The zero-order chi connectivity index (χ0) is 15.4. The first-order valence-corrected chi connectivity index (χ1v) is 6.20. The van der Waals surface area contributed by atoms with E-state index in [4.69, 9.17) is 16.7 Å². The number of carboxylic acids is 1. The van der Waals surface area contributed by atoms with Gasteiger partial charge in [-0.15, -0.1) is 0 Å². The fourth-order valence-electron chi connectivity index (χ4n) is 1.57. The van der Waals surface area contributed by atoms with Gasteiger partial charge in [-0.2, -0.15) is 0 Å². The number of urea groups is 1. The number of carboxylic acid groups (broad SMARTS) is 1. The Morgan fingerprint density at radius 3 is 2.29 bits per heavy atom. The Bertz CT molecular complexity index is 689. The molecule has 3 N–H and O–H groups in total. The molecule has 0 saturated carbocycles. The van der Waals surface area contributed by atoms with Gasteiger partial charge in [-0.25, -0.2) is 14.0 Å². The number of hydrogen-bond acceptors (Lipinski definition) is 2. The summed E-state index contributed by atoms with van der Waals surface area (Å²) in [6.45, 7) is 0. The summed E-state index contributed by atoms with van der Waals surface area (Å²) >= 11 is 5.61. The maximum Gasteiger partial charge on any atom is 0.335 e. The van der Waals surface area contributed by atoms with Crippen LogP contribution in [-0.4, -0.2) is 17.1 Å². The van der Waals surface area contributed by atoms with E-state index in [1.165, 1.54) is 36.4 Å². The average molecular weight is 309 g/mol. The summed E-state index contributed by atoms with van der Waals surface area (Å²) in [5.41, 5.74) is 0.468. The second-order valence-electron chi connectivity index (χ2n) is 4.09. The highest BCUT2D eigenvalue weighted by Gasteiger charge is 2.08. The second-order valence-corrected chi connectivity index (χ2v) is 4.52. The van der Waals surface area contributed by atoms with Crippen molar-refractivity contribution in [3.63, 3.8) is 0 Å². The lowest BCUT2D eigenvalue weighted by molar-refractivity contribution is 0.0697. The Hall–Kier alpha value is -2.60. The second kappa shape index (κ2) is 6.23. The van der Waals surface area contributed by atoms with E-state index in [-0.39, 0.29) is 16.3 Å². The summed E-state index contributed by atoms with van der Waals surface area (Å²) in [5, 5.41) is 13.8. The molecular weight excluding hydrogens is 299 g/mol. The molecule has 0 atom stereocenters. The van der Waals surface area contributed by atoms with Gasteiger partial charge in [0.2, 0.25) is 0 Å². The van der Waals surface area contributed by atoms with Gasteiger partial charge < -0.3 is 15.7 Å². The third-order valence-electron chi connectivity index (χ3n) is 2.57. The fraction of sp³-hybridized carbons (Fsp3) is 0. The van der Waals surface area contributed by atoms with E-state index < -0.39 is 17.8 Å². The molecule has 0 bridgehead atoms. The molecule has 0 spiro atoms. The number of anilines is 2. The number of benzene rings is 2. The normalized spacial score (nSPS) is 10.0. The SMILES string of the molecule is O=C(Nc1ccc(C(=O)O)cc1)Nc1ccc(Cl)cc1F. The first kappa shape index (κ1) is 14.8. The summed E-state index contributed by atoms with van der Waals surface area (Å²) < 4.78 is 13.5. The van der Waals surface area contributed by atoms with Gasteiger partial charge in [0.1, 0.15) is 5.82 Å². The third-order valence-corrected chi connectivity index (χ3v) is 2.80. The zero-order valence-corrected chi connectivity index (χ0v) is 11.3. The quantitative estimate of drug-likeness (QED) is 0.806. The number of aromatic carboxylic acids is 1. The number of rotatable bonds is 3. The Morgan fingerprint density at radius 1 is 1.05 bits per heavy atom. The average Bonchev–Trinajstić information content (AvgIpc) is 2.42. The van der Waals surface area contributed by atoms with Gasteiger partial charge in [0.15, 0.2) is 0 Å². The number of hydrogen-bond donors (Lipinski definition) is 3. The van der Waals surface area contributed by atoms with Crippen LogP contribution in [0.4, 0.5) is 20.6 Å². The van der Waals surface area contributed by atoms with Gasteiger partial charge in [-0.05, 0) is 42.5 Å². The summed E-state index contributed by atoms with van der Waals surface area (Å²) in [6.07, 6.45) is 0. The van der Waals surface area contributed by atoms with Crippen LogP contribution in [0.2, 0.25) is 5.02 Å². The molecule has 2 rings (SSSR count). The van der Waals surface area contributed by atoms with Gasteiger partial charge in [0.05, 0.1) is 11.3 Å². The lowest BCUT2D eigenvalue weighted by atomic mass is 10.2. The van der Waals surface area contributed by atoms with Crippen LogP contribution >= 0.6 is 11.6 Å². The van der Waals surface area contributed by atoms with Crippen molar-refractivity contribution in [3.8, 4) is 0 Å². The molecule has 0 unspecified atom stereocenters. The highest BCUT2D eigenvalue weighted by molar-refractivity contribution is 6.30. The summed E-state index contributed by atoms with van der Waals surface area (Å²) in [6, 6.07) is 8.77. The van der Waals surface area contributed by atoms with Crippen molar-refractivity contribution in [3.05, 3.63) is 58.9 Å². The Kier molecular flexibility index (Phi) is 4.39. The van der Waals surface area contributed by atoms with Crippen molar-refractivity contribution >= 4 is 35.0 Å². The standard InChI is InChI=1S/C14H10ClFN2O3/c15-9-3-6-12(11(16)7-9)18-14(21)17-10-4-1-8(2-5-10)13(19)20/h1-7H,(H,19,20)(H2,17,18,21). The van der Waals surface area contributed by atoms with Gasteiger partial charge in [0.25, 0.3) is 0 Å². The van der Waals surface area contributed by atoms with Crippen molar-refractivity contribution in [2.45, 2.75) is 0 Å². The number of halogens is 2. The van der Waals surface area contributed by atoms with Crippen molar-refractivity contribution in [2.75, 3.05) is 10.6 Å². The molecule has 2 aromatic carbocycles. The number of carbonyl (C=O) groups excluding carboxylic acids is 1. The lowest BCUT2D eigenvalue weighted by Crippen LogP contribution is -2.20. The molecular formula is C14H10ClFN2O3. The van der Waals surface area contributed by atoms with E-state index in [1.54, 1.807) is 0 Å². The molecule has 0 radical (unpaired) electrons. The molecule has 21 heavy (non-hydrogen) atoms. The Balaban J connectivity index is 2.02. The van der Waals surface area contributed by atoms with Crippen LogP contribution in [0.25, 0.3) is 0 Å². The molecule has 0 heterocycles. The van der Waals surface area contributed by atoms with Crippen LogP contribution in [0.5, 0.6) is 0 Å². The number of amides is 2. The van der Waals surface area contributed by atoms with Crippen molar-refractivity contribution in [1.29, 1.82) is 0 Å². The third kappa shape index (κ3) is 3.93. The van der Waals surface area contributed by atoms with E-state index >= 15 is 0 Å². The first-order chi connectivity index (χ1) is 9.95. The largest absolute Gasteiger partial charge is 0.478 e. The monoisotopic (exact) mass is 308 g/mol. The van der Waals surface area contributed by atoms with Gasteiger partial charge in [0, 0.05) is 10.7 Å². The van der Waals surface area contributed by atoms with Crippen LogP contribution in [-0.2, 0) is 0 Å². The minimum atomic E-state index is -1.06. The van der Waals surface area contributed by atoms with Crippen LogP contribution in [0.15, 0.2) is 42.5 Å². The minimum Gasteiger partial charge on any atom is -0.478 e. The molecule has 0 fully saturated rings. The molecule has 0 aliphatic heterocycles. The van der Waals surface area contributed by atoms with Gasteiger partial charge in [-0.1, -0.05) is 11.6 Å². The topological polar surface area (TPSA) is 78.4 Å². The Morgan fingerprint density at radius 2 is 1.71 bits per heavy atom. The molecule has 5 nitrogen and oxygen atoms in total. The molecule has 108 valence electrons. The zero-order valence-electron chi connectivity index (χ0n) is 10.6. The molecule has 7 heteroatoms. The van der Waals surface area contributed by atoms with E-state index in [1.807, 2.05) is 0 Å². The summed E-state index contributed by atoms with van der Waals surface area (Å²) in [7, 11) is 0. The lowest BCUT2D eigenvalue weighted by Gasteiger charge is -2.08. The van der Waals surface area contributed by atoms with E-state index in [2.05, 4.69) is 10.6 Å². The fourth-order valence-corrected chi connectivity index (χ4v) is 1.73. The molecule has 2 aromatic rings. The molecule has 0 saturated heterocycles. The van der Waals surface area contributed by atoms with Crippen molar-refractivity contribution in [1.82, 2.24) is 0 Å². The summed E-state index contributed by atoms with van der Waals surface area (Å²) in [5.74, 6) is -1.71. The van der Waals surface area contributed by atoms with Crippen LogP contribution in [0.1, 0.15) is 10.4 Å². The Labute approximate surface area is 124 Å². The van der Waals surface area contributed by atoms with E-state index in [0.717, 1.165) is 6.07 Å². The maximum absolute atomic E-state index is 13.5. The van der Waals surface area contributed by atoms with Crippen LogP contribution in [0.3, 0.4) is 0 Å². The number of carbonyl (C=O) groups is 2. The van der Waals surface area contributed by atoms with Crippen LogP contribution in [0, 0.1) is 5.82 Å². The highest BCUT2D eigenvalue weighted by Crippen LogP contribution is 2.19. The molecule has 0 aliphatic carbocycles. The van der Waals surface area contributed by atoms with Gasteiger partial charge in [-0.3, -0.25) is 0 Å². The van der Waals surface area contributed by atoms with Crippen molar-refractivity contribution in [2.24, 2.45) is 0 Å².